The number of alkyl halides is 3. The molecule has 0 aliphatic rings. The smallest absolute Gasteiger partial charge is 0.348 e. The second kappa shape index (κ2) is 7.00. The zero-order valence-electron chi connectivity index (χ0n) is 14.7. The van der Waals surface area contributed by atoms with Crippen molar-refractivity contribution in [2.75, 3.05) is 0 Å². The van der Waals surface area contributed by atoms with E-state index < -0.39 is 17.6 Å². The van der Waals surface area contributed by atoms with Crippen LogP contribution in [0.25, 0.3) is 16.4 Å². The van der Waals surface area contributed by atoms with Gasteiger partial charge in [0, 0.05) is 11.6 Å². The minimum absolute atomic E-state index is 0.122. The molecule has 0 unspecified atom stereocenters. The van der Waals surface area contributed by atoms with Crippen LogP contribution < -0.4 is 10.9 Å². The van der Waals surface area contributed by atoms with Crippen LogP contribution in [0.3, 0.4) is 0 Å². The van der Waals surface area contributed by atoms with Crippen molar-refractivity contribution >= 4 is 22.3 Å². The Balaban J connectivity index is 1.52. The Labute approximate surface area is 160 Å². The summed E-state index contributed by atoms with van der Waals surface area (Å²) in [5.41, 5.74) is -0.597. The molecular weight excluding hydrogens is 389 g/mol. The van der Waals surface area contributed by atoms with E-state index in [9.17, 15) is 22.8 Å². The fourth-order valence-electron chi connectivity index (χ4n) is 2.92. The lowest BCUT2D eigenvalue weighted by Crippen LogP contribution is -2.27. The maximum Gasteiger partial charge on any atom is 0.417 e. The lowest BCUT2D eigenvalue weighted by molar-refractivity contribution is -0.137. The van der Waals surface area contributed by atoms with Crippen LogP contribution in [0.1, 0.15) is 17.1 Å². The van der Waals surface area contributed by atoms with Crippen molar-refractivity contribution in [3.05, 3.63) is 70.0 Å². The first-order valence-electron chi connectivity index (χ1n) is 8.47. The number of H-pyrrole nitrogens is 1. The summed E-state index contributed by atoms with van der Waals surface area (Å²) in [4.78, 5) is 24.1. The van der Waals surface area contributed by atoms with Gasteiger partial charge in [0.1, 0.15) is 0 Å². The molecule has 0 radical (unpaired) electrons. The Hall–Kier alpha value is -3.76. The third-order valence-electron chi connectivity index (χ3n) is 4.35. The number of amides is 1. The summed E-state index contributed by atoms with van der Waals surface area (Å²) in [7, 11) is 0. The highest BCUT2D eigenvalue weighted by Gasteiger charge is 2.31. The van der Waals surface area contributed by atoms with E-state index in [-0.39, 0.29) is 30.0 Å². The first-order chi connectivity index (χ1) is 13.8. The number of halogens is 3. The lowest BCUT2D eigenvalue weighted by atomic mass is 10.1. The maximum atomic E-state index is 12.9. The summed E-state index contributed by atoms with van der Waals surface area (Å²) in [5.74, 6) is -0.280. The molecule has 0 saturated heterocycles. The molecule has 0 aliphatic carbocycles. The molecule has 3 aromatic heterocycles. The summed E-state index contributed by atoms with van der Waals surface area (Å²) in [6.45, 7) is -0.122. The van der Waals surface area contributed by atoms with Gasteiger partial charge in [0.2, 0.25) is 5.91 Å². The summed E-state index contributed by atoms with van der Waals surface area (Å²) in [6.07, 6.45) is -3.74. The number of benzene rings is 1. The maximum absolute atomic E-state index is 12.9. The zero-order chi connectivity index (χ0) is 20.6. The van der Waals surface area contributed by atoms with Gasteiger partial charge in [0.05, 0.1) is 29.6 Å². The average molecular weight is 402 g/mol. The van der Waals surface area contributed by atoms with Crippen molar-refractivity contribution in [2.24, 2.45) is 0 Å². The largest absolute Gasteiger partial charge is 0.417 e. The fourth-order valence-corrected chi connectivity index (χ4v) is 2.92. The number of pyridine rings is 1. The summed E-state index contributed by atoms with van der Waals surface area (Å²) in [6, 6.07) is 8.86. The Morgan fingerprint density at radius 2 is 1.86 bits per heavy atom. The normalized spacial score (nSPS) is 11.8. The van der Waals surface area contributed by atoms with Crippen LogP contribution in [0.2, 0.25) is 0 Å². The number of aromatic nitrogens is 5. The van der Waals surface area contributed by atoms with Crippen LogP contribution in [0.15, 0.2) is 47.4 Å². The first kappa shape index (κ1) is 18.6. The molecule has 148 valence electrons. The number of hydrogen-bond donors (Lipinski definition) is 2. The molecule has 1 amide bonds. The van der Waals surface area contributed by atoms with Crippen molar-refractivity contribution in [3.8, 4) is 0 Å². The van der Waals surface area contributed by atoms with Crippen molar-refractivity contribution < 1.29 is 18.0 Å². The monoisotopic (exact) mass is 402 g/mol. The van der Waals surface area contributed by atoms with Gasteiger partial charge in [-0.25, -0.2) is 5.10 Å². The predicted molar refractivity (Wildman–Crippen MR) is 95.9 cm³/mol. The van der Waals surface area contributed by atoms with Crippen molar-refractivity contribution in [3.63, 3.8) is 0 Å². The molecule has 11 heteroatoms. The Morgan fingerprint density at radius 3 is 2.62 bits per heavy atom. The number of nitrogens with one attached hydrogen (secondary N) is 2. The van der Waals surface area contributed by atoms with Gasteiger partial charge in [-0.3, -0.25) is 14.0 Å². The van der Waals surface area contributed by atoms with E-state index in [2.05, 4.69) is 25.7 Å². The number of nitrogens with zero attached hydrogens (tertiary/aromatic N) is 4. The van der Waals surface area contributed by atoms with Crippen molar-refractivity contribution in [1.82, 2.24) is 30.1 Å². The molecule has 0 saturated carbocycles. The van der Waals surface area contributed by atoms with Gasteiger partial charge in [-0.15, -0.1) is 10.2 Å². The number of carbonyl (C=O) groups is 1. The van der Waals surface area contributed by atoms with Gasteiger partial charge in [0.25, 0.3) is 5.56 Å². The highest BCUT2D eigenvalue weighted by Crippen LogP contribution is 2.29. The molecule has 0 spiro atoms. The van der Waals surface area contributed by atoms with Crippen LogP contribution in [-0.2, 0) is 23.9 Å². The molecule has 0 fully saturated rings. The molecule has 0 aliphatic heterocycles. The third kappa shape index (κ3) is 3.66. The molecule has 1 aromatic carbocycles. The number of rotatable bonds is 4. The topological polar surface area (TPSA) is 105 Å². The van der Waals surface area contributed by atoms with Crippen LogP contribution in [0, 0.1) is 0 Å². The summed E-state index contributed by atoms with van der Waals surface area (Å²) >= 11 is 0. The Morgan fingerprint density at radius 1 is 1.10 bits per heavy atom. The summed E-state index contributed by atoms with van der Waals surface area (Å²) < 4.78 is 39.9. The van der Waals surface area contributed by atoms with E-state index in [1.807, 2.05) is 0 Å². The molecule has 0 atom stereocenters. The van der Waals surface area contributed by atoms with Gasteiger partial charge in [-0.1, -0.05) is 18.2 Å². The molecule has 8 nitrogen and oxygen atoms in total. The van der Waals surface area contributed by atoms with E-state index in [0.717, 1.165) is 12.3 Å². The second-order valence-corrected chi connectivity index (χ2v) is 6.26. The van der Waals surface area contributed by atoms with Crippen LogP contribution in [-0.4, -0.2) is 30.7 Å². The van der Waals surface area contributed by atoms with E-state index in [0.29, 0.717) is 16.5 Å². The molecular formula is C18H13F3N6O2. The van der Waals surface area contributed by atoms with Crippen LogP contribution >= 0.6 is 0 Å². The highest BCUT2D eigenvalue weighted by molar-refractivity contribution is 5.88. The van der Waals surface area contributed by atoms with Gasteiger partial charge in [-0.05, 0) is 18.2 Å². The zero-order valence-corrected chi connectivity index (χ0v) is 14.7. The molecule has 4 rings (SSSR count). The van der Waals surface area contributed by atoms with Gasteiger partial charge >= 0.3 is 6.18 Å². The minimum Gasteiger partial charge on any atom is -0.348 e. The SMILES string of the molecule is O=C(Cc1n[nH]c(=O)c2ccccc12)NCc1nnc2ccc(C(F)(F)F)cn12. The highest BCUT2D eigenvalue weighted by atomic mass is 19.4. The second-order valence-electron chi connectivity index (χ2n) is 6.26. The number of hydrogen-bond acceptors (Lipinski definition) is 5. The third-order valence-corrected chi connectivity index (χ3v) is 4.35. The van der Waals surface area contributed by atoms with Crippen LogP contribution in [0.5, 0.6) is 0 Å². The van der Waals surface area contributed by atoms with E-state index in [1.54, 1.807) is 24.3 Å². The summed E-state index contributed by atoms with van der Waals surface area (Å²) in [5, 5.41) is 17.4. The van der Waals surface area contributed by atoms with E-state index in [4.69, 9.17) is 0 Å². The Bertz CT molecular complexity index is 1280. The number of fused-ring (bicyclic) bond motifs is 2. The molecule has 29 heavy (non-hydrogen) atoms. The number of carbonyl (C=O) groups excluding carboxylic acids is 1. The van der Waals surface area contributed by atoms with Crippen molar-refractivity contribution in [1.29, 1.82) is 0 Å². The first-order valence-corrected chi connectivity index (χ1v) is 8.47. The van der Waals surface area contributed by atoms with Gasteiger partial charge in [-0.2, -0.15) is 18.3 Å². The molecule has 0 bridgehead atoms. The van der Waals surface area contributed by atoms with Crippen molar-refractivity contribution in [2.45, 2.75) is 19.1 Å². The van der Waals surface area contributed by atoms with E-state index >= 15 is 0 Å². The lowest BCUT2D eigenvalue weighted by Gasteiger charge is -2.08. The quantitative estimate of drug-likeness (QED) is 0.542. The molecule has 4 aromatic rings. The van der Waals surface area contributed by atoms with E-state index in [1.165, 1.54) is 10.5 Å². The molecule has 2 N–H and O–H groups in total. The average Bonchev–Trinajstić information content (AvgIpc) is 3.10. The fraction of sp³-hybridized carbons (Fsp3) is 0.167. The van der Waals surface area contributed by atoms with Gasteiger partial charge < -0.3 is 5.32 Å². The standard InChI is InChI=1S/C18H13F3N6O2/c19-18(20,21)10-5-6-14-24-25-15(27(14)9-10)8-22-16(28)7-13-11-3-1-2-4-12(11)17(29)26-23-13/h1-6,9H,7-8H2,(H,22,28)(H,26,29). The molecule has 3 heterocycles. The number of aromatic amines is 1. The Kier molecular flexibility index (Phi) is 4.49. The van der Waals surface area contributed by atoms with Crippen LogP contribution in [0.4, 0.5) is 13.2 Å². The van der Waals surface area contributed by atoms with Gasteiger partial charge in [0.15, 0.2) is 11.5 Å². The predicted octanol–water partition coefficient (Wildman–Crippen LogP) is 1.84. The minimum atomic E-state index is -4.50.